The molecule has 2 atom stereocenters. The minimum Gasteiger partial charge on any atom is -0.497 e. The predicted octanol–water partition coefficient (Wildman–Crippen LogP) is 1.94. The number of nitrogens with zero attached hydrogens (tertiary/aromatic N) is 3. The summed E-state index contributed by atoms with van der Waals surface area (Å²) in [6.45, 7) is 2.45. The van der Waals surface area contributed by atoms with E-state index in [-0.39, 0.29) is 42.9 Å². The first-order chi connectivity index (χ1) is 30.2. The van der Waals surface area contributed by atoms with E-state index in [0.29, 0.717) is 72.2 Å². The van der Waals surface area contributed by atoms with E-state index < -0.39 is 40.9 Å². The highest BCUT2D eigenvalue weighted by atomic mass is 16.5. The standard InChI is InChI=1S/C24H24N4O6.C20H17N3O6/c1-33-18-7-4-16-13-28(21(30)19(16)12-18)14-24(22(31)25-23(32)26-24)17-5-2-15(3-6-17)20(29)27-8-10-34-11-9-27;1-29-14-7-4-12-9-23(16(24)15(12)8-14)10-20(18(27)21-19(28)22-20)13-5-2-11(3-6-13)17(25)26/h2-7,12H,8-11,13-14H2,1H3,(H2,25,26,31,32);2-8H,9-10H2,1H3,(H,25,26)(H2,21,22,27,28)/t24-;20-/m00/s1. The van der Waals surface area contributed by atoms with Gasteiger partial charge >= 0.3 is 18.0 Å². The van der Waals surface area contributed by atoms with Gasteiger partial charge in [-0.05, 0) is 70.8 Å². The van der Waals surface area contributed by atoms with Gasteiger partial charge in [-0.2, -0.15) is 0 Å². The van der Waals surface area contributed by atoms with Gasteiger partial charge in [0.1, 0.15) is 11.5 Å². The minimum absolute atomic E-state index is 0.0466. The van der Waals surface area contributed by atoms with E-state index in [1.165, 1.54) is 48.3 Å². The highest BCUT2D eigenvalue weighted by molar-refractivity contribution is 6.09. The van der Waals surface area contributed by atoms with Gasteiger partial charge in [-0.25, -0.2) is 14.4 Å². The molecule has 9 amide bonds. The van der Waals surface area contributed by atoms with Crippen LogP contribution in [0, 0.1) is 0 Å². The molecule has 5 aliphatic rings. The summed E-state index contributed by atoms with van der Waals surface area (Å²) >= 11 is 0. The van der Waals surface area contributed by atoms with E-state index in [2.05, 4.69) is 21.3 Å². The minimum atomic E-state index is -1.52. The SMILES string of the molecule is COc1ccc2c(c1)C(=O)N(C[C@@]1(c3ccc(C(=O)N4CCOCC4)cc3)NC(=O)NC1=O)C2.COc1ccc2c(c1)C(=O)N(C[C@@]1(c3ccc(C(=O)O)cc3)NC(=O)NC1=O)C2. The van der Waals surface area contributed by atoms with Crippen molar-refractivity contribution < 1.29 is 57.7 Å². The molecule has 5 aliphatic heterocycles. The Morgan fingerprint density at radius 3 is 1.44 bits per heavy atom. The molecule has 4 aromatic carbocycles. The summed E-state index contributed by atoms with van der Waals surface area (Å²) in [6.07, 6.45) is 0. The Morgan fingerprint density at radius 1 is 0.635 bits per heavy atom. The molecule has 63 heavy (non-hydrogen) atoms. The lowest BCUT2D eigenvalue weighted by Crippen LogP contribution is -2.52. The van der Waals surface area contributed by atoms with E-state index in [4.69, 9.17) is 19.3 Å². The number of benzene rings is 4. The Kier molecular flexibility index (Phi) is 11.0. The normalized spacial score (nSPS) is 21.1. The zero-order chi connectivity index (χ0) is 44.6. The number of carbonyl (C=O) groups excluding carboxylic acids is 7. The Bertz CT molecular complexity index is 2580. The van der Waals surface area contributed by atoms with Crippen molar-refractivity contribution in [3.05, 3.63) is 129 Å². The van der Waals surface area contributed by atoms with Crippen molar-refractivity contribution in [1.82, 2.24) is 36.0 Å². The monoisotopic (exact) mass is 859 g/mol. The van der Waals surface area contributed by atoms with Crippen LogP contribution in [-0.4, -0.2) is 121 Å². The molecule has 3 saturated heterocycles. The quantitative estimate of drug-likeness (QED) is 0.144. The fourth-order valence-electron chi connectivity index (χ4n) is 8.30. The van der Waals surface area contributed by atoms with Crippen LogP contribution in [0.4, 0.5) is 9.59 Å². The predicted molar refractivity (Wildman–Crippen MR) is 219 cm³/mol. The van der Waals surface area contributed by atoms with Crippen molar-refractivity contribution in [2.75, 3.05) is 53.6 Å². The van der Waals surface area contributed by atoms with Crippen molar-refractivity contribution in [2.24, 2.45) is 0 Å². The van der Waals surface area contributed by atoms with Crippen LogP contribution in [0.1, 0.15) is 63.7 Å². The molecule has 0 bridgehead atoms. The summed E-state index contributed by atoms with van der Waals surface area (Å²) in [5.41, 5.74) is 0.982. The highest BCUT2D eigenvalue weighted by Crippen LogP contribution is 2.34. The molecule has 324 valence electrons. The number of imide groups is 2. The molecular formula is C44H41N7O12. The molecular weight excluding hydrogens is 819 g/mol. The Labute approximate surface area is 359 Å². The summed E-state index contributed by atoms with van der Waals surface area (Å²) in [5.74, 6) is -1.80. The molecule has 0 aliphatic carbocycles. The maximum atomic E-state index is 13.1. The molecule has 3 fully saturated rings. The number of urea groups is 2. The number of carbonyl (C=O) groups is 8. The molecule has 4 aromatic rings. The van der Waals surface area contributed by atoms with Crippen LogP contribution in [0.15, 0.2) is 84.9 Å². The van der Waals surface area contributed by atoms with E-state index >= 15 is 0 Å². The van der Waals surface area contributed by atoms with Gasteiger partial charge in [-0.1, -0.05) is 36.4 Å². The Balaban J connectivity index is 0.000000175. The van der Waals surface area contributed by atoms with Crippen LogP contribution in [0.5, 0.6) is 11.5 Å². The number of aromatic carboxylic acids is 1. The van der Waals surface area contributed by atoms with Gasteiger partial charge in [0.15, 0.2) is 11.1 Å². The number of rotatable bonds is 10. The van der Waals surface area contributed by atoms with Crippen LogP contribution >= 0.6 is 0 Å². The zero-order valence-electron chi connectivity index (χ0n) is 34.0. The molecule has 0 aromatic heterocycles. The second-order valence-electron chi connectivity index (χ2n) is 15.4. The van der Waals surface area contributed by atoms with Crippen LogP contribution in [0.3, 0.4) is 0 Å². The molecule has 19 heteroatoms. The smallest absolute Gasteiger partial charge is 0.335 e. The maximum absolute atomic E-state index is 13.1. The summed E-state index contributed by atoms with van der Waals surface area (Å²) in [7, 11) is 3.03. The van der Waals surface area contributed by atoms with Gasteiger partial charge in [0, 0.05) is 42.9 Å². The largest absolute Gasteiger partial charge is 0.497 e. The number of carboxylic acids is 1. The van der Waals surface area contributed by atoms with Gasteiger partial charge in [0.2, 0.25) is 0 Å². The second kappa shape index (κ2) is 16.6. The lowest BCUT2D eigenvalue weighted by Gasteiger charge is -2.31. The topological polar surface area (TPSA) is 242 Å². The molecule has 0 radical (unpaired) electrons. The number of hydrogen-bond donors (Lipinski definition) is 5. The van der Waals surface area contributed by atoms with Gasteiger partial charge < -0.3 is 44.7 Å². The van der Waals surface area contributed by atoms with Crippen molar-refractivity contribution >= 4 is 47.6 Å². The zero-order valence-corrected chi connectivity index (χ0v) is 34.0. The molecule has 19 nitrogen and oxygen atoms in total. The first kappa shape index (κ1) is 41.9. The van der Waals surface area contributed by atoms with Crippen LogP contribution < -0.4 is 30.7 Å². The molecule has 0 unspecified atom stereocenters. The Hall–Kier alpha value is -7.80. The lowest BCUT2D eigenvalue weighted by molar-refractivity contribution is -0.125. The van der Waals surface area contributed by atoms with E-state index in [1.807, 2.05) is 6.07 Å². The summed E-state index contributed by atoms with van der Waals surface area (Å²) in [6, 6.07) is 21.3. The van der Waals surface area contributed by atoms with Crippen molar-refractivity contribution in [3.8, 4) is 11.5 Å². The number of nitrogens with one attached hydrogen (secondary N) is 4. The third-order valence-corrected chi connectivity index (χ3v) is 11.7. The first-order valence-electron chi connectivity index (χ1n) is 19.8. The van der Waals surface area contributed by atoms with Gasteiger partial charge in [-0.15, -0.1) is 0 Å². The van der Waals surface area contributed by atoms with Crippen LogP contribution in [0.2, 0.25) is 0 Å². The fourth-order valence-corrected chi connectivity index (χ4v) is 8.30. The average Bonchev–Trinajstić information content (AvgIpc) is 3.98. The summed E-state index contributed by atoms with van der Waals surface area (Å²) in [4.78, 5) is 104. The number of fused-ring (bicyclic) bond motifs is 2. The third-order valence-electron chi connectivity index (χ3n) is 11.7. The number of morpholine rings is 1. The van der Waals surface area contributed by atoms with Crippen molar-refractivity contribution in [1.29, 1.82) is 0 Å². The van der Waals surface area contributed by atoms with E-state index in [1.54, 1.807) is 59.5 Å². The molecule has 5 heterocycles. The molecule has 0 saturated carbocycles. The first-order valence-corrected chi connectivity index (χ1v) is 19.8. The average molecular weight is 860 g/mol. The second-order valence-corrected chi connectivity index (χ2v) is 15.4. The molecule has 5 N–H and O–H groups in total. The van der Waals surface area contributed by atoms with E-state index in [9.17, 15) is 38.4 Å². The summed E-state index contributed by atoms with van der Waals surface area (Å²) < 4.78 is 15.7. The van der Waals surface area contributed by atoms with Gasteiger partial charge in [0.05, 0.1) is 46.1 Å². The molecule has 0 spiro atoms. The Morgan fingerprint density at radius 2 is 1.06 bits per heavy atom. The highest BCUT2D eigenvalue weighted by Gasteiger charge is 2.52. The van der Waals surface area contributed by atoms with Crippen molar-refractivity contribution in [2.45, 2.75) is 24.2 Å². The van der Waals surface area contributed by atoms with Crippen molar-refractivity contribution in [3.63, 3.8) is 0 Å². The number of hydrogen-bond acceptors (Lipinski definition) is 11. The summed E-state index contributed by atoms with van der Waals surface area (Å²) in [5, 5.41) is 18.9. The van der Waals surface area contributed by atoms with Gasteiger partial charge in [0.25, 0.3) is 29.5 Å². The number of carboxylic acid groups (broad SMARTS) is 1. The number of ether oxygens (including phenoxy) is 3. The number of amides is 9. The van der Waals surface area contributed by atoms with Crippen LogP contribution in [-0.2, 0) is 38.5 Å². The van der Waals surface area contributed by atoms with Gasteiger partial charge in [-0.3, -0.25) is 34.6 Å². The maximum Gasteiger partial charge on any atom is 0.335 e. The third kappa shape index (κ3) is 7.73. The van der Waals surface area contributed by atoms with E-state index in [0.717, 1.165) is 11.1 Å². The van der Waals surface area contributed by atoms with Crippen LogP contribution in [0.25, 0.3) is 0 Å². The number of methoxy groups -OCH3 is 2. The molecule has 9 rings (SSSR count). The fraction of sp³-hybridized carbons (Fsp3) is 0.273. The lowest BCUT2D eigenvalue weighted by atomic mass is 9.88.